The van der Waals surface area contributed by atoms with E-state index in [2.05, 4.69) is 0 Å². The highest BCUT2D eigenvalue weighted by molar-refractivity contribution is 6.36. The van der Waals surface area contributed by atoms with E-state index in [0.29, 0.717) is 11.0 Å². The van der Waals surface area contributed by atoms with Crippen molar-refractivity contribution in [2.24, 2.45) is 11.8 Å². The Kier molecular flexibility index (Phi) is 5.14. The molecule has 1 aromatic rings. The molecule has 0 unspecified atom stereocenters. The lowest BCUT2D eigenvalue weighted by molar-refractivity contribution is -0.231. The van der Waals surface area contributed by atoms with Gasteiger partial charge in [0.1, 0.15) is 0 Å². The van der Waals surface area contributed by atoms with E-state index >= 15 is 0 Å². The number of fused-ring (bicyclic) bond motifs is 5. The van der Waals surface area contributed by atoms with Gasteiger partial charge in [0.15, 0.2) is 5.60 Å². The minimum atomic E-state index is -4.74. The fraction of sp³-hybridized carbons (Fsp3) is 0.429. The van der Waals surface area contributed by atoms with Gasteiger partial charge < -0.3 is 14.2 Å². The third-order valence-electron chi connectivity index (χ3n) is 5.91. The number of carbonyl (C=O) groups excluding carboxylic acids is 4. The molecule has 0 N–H and O–H groups in total. The minimum Gasteiger partial charge on any atom is -0.422 e. The summed E-state index contributed by atoms with van der Waals surface area (Å²) in [6.45, 7) is 3.60. The summed E-state index contributed by atoms with van der Waals surface area (Å²) in [6.07, 6.45) is -3.62. The molecule has 0 spiro atoms. The first-order valence-corrected chi connectivity index (χ1v) is 10.1. The molecular weight excluding hydrogens is 471 g/mol. The molecule has 3 aliphatic heterocycles. The third-order valence-corrected chi connectivity index (χ3v) is 6.23. The van der Waals surface area contributed by atoms with Crippen LogP contribution in [-0.2, 0) is 39.6 Å². The zero-order valence-corrected chi connectivity index (χ0v) is 18.2. The van der Waals surface area contributed by atoms with E-state index in [0.717, 1.165) is 26.0 Å². The molecule has 0 aromatic heterocycles. The maximum Gasteiger partial charge on any atom is 0.416 e. The van der Waals surface area contributed by atoms with E-state index in [9.17, 15) is 32.3 Å². The van der Waals surface area contributed by atoms with Crippen LogP contribution in [0.4, 0.5) is 18.9 Å². The number of rotatable bonds is 4. The van der Waals surface area contributed by atoms with E-state index in [1.54, 1.807) is 0 Å². The quantitative estimate of drug-likeness (QED) is 0.278. The molecule has 12 heteroatoms. The van der Waals surface area contributed by atoms with Crippen LogP contribution in [0.2, 0.25) is 5.02 Å². The highest BCUT2D eigenvalue weighted by atomic mass is 35.5. The average Bonchev–Trinajstić information content (AvgIpc) is 3.26. The normalized spacial score (nSPS) is 30.2. The number of benzene rings is 1. The van der Waals surface area contributed by atoms with Crippen molar-refractivity contribution in [2.75, 3.05) is 4.90 Å². The predicted molar refractivity (Wildman–Crippen MR) is 105 cm³/mol. The molecule has 1 aromatic carbocycles. The molecule has 2 fully saturated rings. The Hall–Kier alpha value is -2.92. The molecule has 3 aliphatic rings. The van der Waals surface area contributed by atoms with Crippen molar-refractivity contribution in [1.29, 1.82) is 0 Å². The van der Waals surface area contributed by atoms with Gasteiger partial charge in [-0.05, 0) is 31.2 Å². The van der Waals surface area contributed by atoms with Crippen LogP contribution >= 0.6 is 11.6 Å². The van der Waals surface area contributed by atoms with Crippen molar-refractivity contribution in [1.82, 2.24) is 0 Å². The molecule has 33 heavy (non-hydrogen) atoms. The Morgan fingerprint density at radius 2 is 1.67 bits per heavy atom. The third kappa shape index (κ3) is 3.41. The Morgan fingerprint density at radius 3 is 2.21 bits per heavy atom. The summed E-state index contributed by atoms with van der Waals surface area (Å²) >= 11 is 6.07. The molecule has 8 nitrogen and oxygen atoms in total. The second-order valence-electron chi connectivity index (χ2n) is 8.15. The number of halogens is 4. The van der Waals surface area contributed by atoms with Gasteiger partial charge in [0.05, 0.1) is 33.7 Å². The maximum atomic E-state index is 13.5. The highest BCUT2D eigenvalue weighted by Crippen LogP contribution is 2.60. The van der Waals surface area contributed by atoms with E-state index in [4.69, 9.17) is 25.8 Å². The summed E-state index contributed by atoms with van der Waals surface area (Å²) in [4.78, 5) is 50.8. The molecular formula is C21H17ClF3NO7. The fourth-order valence-corrected chi connectivity index (χ4v) is 4.86. The van der Waals surface area contributed by atoms with Gasteiger partial charge in [-0.3, -0.25) is 19.2 Å². The lowest BCUT2D eigenvalue weighted by Crippen LogP contribution is -2.52. The summed E-state index contributed by atoms with van der Waals surface area (Å²) in [5.41, 5.74) is -4.77. The lowest BCUT2D eigenvalue weighted by Gasteiger charge is -2.34. The molecule has 0 radical (unpaired) electrons. The molecule has 2 saturated heterocycles. The largest absolute Gasteiger partial charge is 0.422 e. The smallest absolute Gasteiger partial charge is 0.416 e. The summed E-state index contributed by atoms with van der Waals surface area (Å²) in [7, 11) is 0. The Bertz CT molecular complexity index is 1100. The number of anilines is 1. The van der Waals surface area contributed by atoms with Crippen LogP contribution in [-0.4, -0.2) is 41.2 Å². The number of amides is 2. The predicted octanol–water partition coefficient (Wildman–Crippen LogP) is 3.01. The standard InChI is InChI=1S/C21H17ClF3NO7/c1-9(27)31-18(32-10(2)28)20-7-6-19(3,33-20)14-15(20)17(30)26(16(14)29)13-8-11(21(23,24)25)4-5-12(13)22/h4-8,14-15,18H,1-3H3/t14-,15+,19+,20-/m0/s1. The zero-order valence-electron chi connectivity index (χ0n) is 17.4. The molecule has 2 amide bonds. The molecule has 4 atom stereocenters. The SMILES string of the molecule is CC(=O)OC(OC(C)=O)[C@@]12C=C[C@@](C)(O1)[C@@H]1C(=O)N(c3cc(C(F)(F)F)ccc3Cl)C(=O)[C@@H]12. The minimum absolute atomic E-state index is 0.248. The van der Waals surface area contributed by atoms with Crippen molar-refractivity contribution in [3.05, 3.63) is 40.9 Å². The number of alkyl halides is 3. The number of esters is 2. The Morgan fingerprint density at radius 1 is 1.09 bits per heavy atom. The van der Waals surface area contributed by atoms with Gasteiger partial charge in [0.25, 0.3) is 6.29 Å². The van der Waals surface area contributed by atoms with Gasteiger partial charge in [-0.1, -0.05) is 17.7 Å². The first-order valence-electron chi connectivity index (χ1n) is 9.71. The second-order valence-corrected chi connectivity index (χ2v) is 8.56. The summed E-state index contributed by atoms with van der Waals surface area (Å²) in [5, 5.41) is -0.248. The summed E-state index contributed by atoms with van der Waals surface area (Å²) < 4.78 is 56.0. The molecule has 176 valence electrons. The number of imide groups is 1. The Labute approximate surface area is 190 Å². The van der Waals surface area contributed by atoms with Crippen LogP contribution < -0.4 is 4.90 Å². The van der Waals surface area contributed by atoms with Crippen molar-refractivity contribution in [3.63, 3.8) is 0 Å². The topological polar surface area (TPSA) is 99.2 Å². The van der Waals surface area contributed by atoms with Crippen molar-refractivity contribution in [3.8, 4) is 0 Å². The first kappa shape index (κ1) is 23.2. The van der Waals surface area contributed by atoms with E-state index in [1.807, 2.05) is 0 Å². The number of hydrogen-bond acceptors (Lipinski definition) is 7. The van der Waals surface area contributed by atoms with Gasteiger partial charge >= 0.3 is 18.1 Å². The van der Waals surface area contributed by atoms with Crippen LogP contribution in [0.5, 0.6) is 0 Å². The molecule has 4 rings (SSSR count). The zero-order chi connectivity index (χ0) is 24.5. The van der Waals surface area contributed by atoms with Gasteiger partial charge in [0.2, 0.25) is 11.8 Å². The van der Waals surface area contributed by atoms with Crippen molar-refractivity contribution in [2.45, 2.75) is 44.4 Å². The van der Waals surface area contributed by atoms with Gasteiger partial charge in [0, 0.05) is 13.8 Å². The fourth-order valence-electron chi connectivity index (χ4n) is 4.66. The average molecular weight is 488 g/mol. The maximum absolute atomic E-state index is 13.5. The molecule has 0 saturated carbocycles. The number of carbonyl (C=O) groups is 4. The monoisotopic (exact) mass is 487 g/mol. The van der Waals surface area contributed by atoms with Crippen LogP contribution in [0, 0.1) is 11.8 Å². The van der Waals surface area contributed by atoms with Crippen molar-refractivity contribution < 1.29 is 46.6 Å². The van der Waals surface area contributed by atoms with Crippen LogP contribution in [0.15, 0.2) is 30.4 Å². The lowest BCUT2D eigenvalue weighted by atomic mass is 9.72. The molecule has 2 bridgehead atoms. The second kappa shape index (κ2) is 7.29. The van der Waals surface area contributed by atoms with Crippen molar-refractivity contribution >= 4 is 41.0 Å². The highest BCUT2D eigenvalue weighted by Gasteiger charge is 2.76. The van der Waals surface area contributed by atoms with E-state index < -0.39 is 70.5 Å². The van der Waals surface area contributed by atoms with E-state index in [1.165, 1.54) is 19.1 Å². The van der Waals surface area contributed by atoms with Crippen LogP contribution in [0.25, 0.3) is 0 Å². The van der Waals surface area contributed by atoms with Gasteiger partial charge in [-0.25, -0.2) is 4.90 Å². The number of nitrogens with zero attached hydrogens (tertiary/aromatic N) is 1. The summed E-state index contributed by atoms with van der Waals surface area (Å²) in [6, 6.07) is 2.28. The first-order chi connectivity index (χ1) is 15.2. The van der Waals surface area contributed by atoms with Crippen LogP contribution in [0.3, 0.4) is 0 Å². The van der Waals surface area contributed by atoms with E-state index in [-0.39, 0.29) is 5.02 Å². The number of hydrogen-bond donors (Lipinski definition) is 0. The summed E-state index contributed by atoms with van der Waals surface area (Å²) in [5.74, 6) is -6.00. The van der Waals surface area contributed by atoms with Gasteiger partial charge in [-0.15, -0.1) is 0 Å². The number of ether oxygens (including phenoxy) is 3. The van der Waals surface area contributed by atoms with Gasteiger partial charge in [-0.2, -0.15) is 13.2 Å². The molecule has 3 heterocycles. The van der Waals surface area contributed by atoms with Crippen LogP contribution in [0.1, 0.15) is 26.3 Å². The molecule has 0 aliphatic carbocycles. The Balaban J connectivity index is 1.82.